The van der Waals surface area contributed by atoms with Gasteiger partial charge >= 0.3 is 0 Å². The van der Waals surface area contributed by atoms with Crippen LogP contribution in [0.5, 0.6) is 0 Å². The van der Waals surface area contributed by atoms with Crippen LogP contribution in [0.3, 0.4) is 0 Å². The van der Waals surface area contributed by atoms with Crippen molar-refractivity contribution in [1.29, 1.82) is 0 Å². The third kappa shape index (κ3) is 1.25. The number of hydrogen-bond acceptors (Lipinski definition) is 3. The van der Waals surface area contributed by atoms with Crippen molar-refractivity contribution in [2.75, 3.05) is 5.73 Å². The van der Waals surface area contributed by atoms with E-state index in [2.05, 4.69) is 0 Å². The maximum absolute atomic E-state index is 10.6. The standard InChI is InChI=1S/C10H10N2O2/c11-10-8-4-2-1-3-7(8)5-6-9(10)12(13)14/h1-2,5-6H,3-4,11H2. The zero-order valence-corrected chi connectivity index (χ0v) is 7.56. The van der Waals surface area contributed by atoms with E-state index in [1.165, 1.54) is 6.07 Å². The number of hydrogen-bond donors (Lipinski definition) is 1. The molecule has 2 N–H and O–H groups in total. The predicted molar refractivity (Wildman–Crippen MR) is 54.1 cm³/mol. The molecule has 4 heteroatoms. The third-order valence-corrected chi connectivity index (χ3v) is 2.45. The van der Waals surface area contributed by atoms with Crippen LogP contribution >= 0.6 is 0 Å². The minimum atomic E-state index is -0.437. The number of nitro groups is 1. The molecule has 2 rings (SSSR count). The molecule has 14 heavy (non-hydrogen) atoms. The lowest BCUT2D eigenvalue weighted by Crippen LogP contribution is -2.05. The van der Waals surface area contributed by atoms with E-state index in [1.807, 2.05) is 12.2 Å². The average molecular weight is 190 g/mol. The van der Waals surface area contributed by atoms with Gasteiger partial charge in [-0.3, -0.25) is 10.1 Å². The first-order valence-electron chi connectivity index (χ1n) is 4.40. The summed E-state index contributed by atoms with van der Waals surface area (Å²) in [5.74, 6) is 0. The maximum atomic E-state index is 10.6. The lowest BCUT2D eigenvalue weighted by Gasteiger charge is -2.12. The summed E-state index contributed by atoms with van der Waals surface area (Å²) in [5, 5.41) is 10.6. The smallest absolute Gasteiger partial charge is 0.292 e. The van der Waals surface area contributed by atoms with Gasteiger partial charge in [0, 0.05) is 6.07 Å². The van der Waals surface area contributed by atoms with E-state index >= 15 is 0 Å². The van der Waals surface area contributed by atoms with Gasteiger partial charge < -0.3 is 5.73 Å². The fourth-order valence-corrected chi connectivity index (χ4v) is 1.70. The van der Waals surface area contributed by atoms with E-state index in [0.29, 0.717) is 12.1 Å². The van der Waals surface area contributed by atoms with Crippen molar-refractivity contribution >= 4 is 11.4 Å². The zero-order valence-electron chi connectivity index (χ0n) is 7.56. The van der Waals surface area contributed by atoms with Gasteiger partial charge in [-0.15, -0.1) is 0 Å². The Kier molecular flexibility index (Phi) is 1.96. The molecule has 0 atom stereocenters. The molecule has 0 saturated heterocycles. The number of nitrogens with two attached hydrogens (primary N) is 1. The van der Waals surface area contributed by atoms with Crippen molar-refractivity contribution in [2.45, 2.75) is 12.8 Å². The highest BCUT2D eigenvalue weighted by molar-refractivity contribution is 5.66. The lowest BCUT2D eigenvalue weighted by molar-refractivity contribution is -0.383. The Hall–Kier alpha value is -1.84. The molecule has 0 aromatic heterocycles. The number of allylic oxidation sites excluding steroid dienone is 2. The molecule has 0 fully saturated rings. The SMILES string of the molecule is Nc1c([N+](=O)[O-])ccc2c1CC=CC2. The van der Waals surface area contributed by atoms with Gasteiger partial charge in [0.1, 0.15) is 5.69 Å². The van der Waals surface area contributed by atoms with Gasteiger partial charge in [-0.05, 0) is 24.0 Å². The molecule has 0 saturated carbocycles. The minimum Gasteiger partial charge on any atom is -0.393 e. The molecule has 4 nitrogen and oxygen atoms in total. The molecule has 1 aromatic rings. The summed E-state index contributed by atoms with van der Waals surface area (Å²) in [6, 6.07) is 3.26. The highest BCUT2D eigenvalue weighted by Crippen LogP contribution is 2.30. The summed E-state index contributed by atoms with van der Waals surface area (Å²) in [5.41, 5.74) is 8.06. The Morgan fingerprint density at radius 3 is 2.71 bits per heavy atom. The second kappa shape index (κ2) is 3.14. The lowest BCUT2D eigenvalue weighted by atomic mass is 9.94. The monoisotopic (exact) mass is 190 g/mol. The van der Waals surface area contributed by atoms with Crippen LogP contribution in [0.2, 0.25) is 0 Å². The van der Waals surface area contributed by atoms with Crippen molar-refractivity contribution in [3.63, 3.8) is 0 Å². The third-order valence-electron chi connectivity index (χ3n) is 2.45. The summed E-state index contributed by atoms with van der Waals surface area (Å²) in [7, 11) is 0. The van der Waals surface area contributed by atoms with Crippen molar-refractivity contribution in [3.8, 4) is 0 Å². The van der Waals surface area contributed by atoms with Gasteiger partial charge in [0.25, 0.3) is 5.69 Å². The quantitative estimate of drug-likeness (QED) is 0.318. The Balaban J connectivity index is 2.57. The van der Waals surface area contributed by atoms with Crippen LogP contribution < -0.4 is 5.73 Å². The minimum absolute atomic E-state index is 0.0130. The van der Waals surface area contributed by atoms with Gasteiger partial charge in [-0.2, -0.15) is 0 Å². The zero-order chi connectivity index (χ0) is 10.1. The summed E-state index contributed by atoms with van der Waals surface area (Å²) < 4.78 is 0. The highest BCUT2D eigenvalue weighted by Gasteiger charge is 2.18. The first-order valence-corrected chi connectivity index (χ1v) is 4.40. The Bertz CT molecular complexity index is 424. The second-order valence-corrected chi connectivity index (χ2v) is 3.27. The largest absolute Gasteiger partial charge is 0.393 e. The molecular formula is C10H10N2O2. The van der Waals surface area contributed by atoms with Gasteiger partial charge in [-0.1, -0.05) is 18.2 Å². The van der Waals surface area contributed by atoms with Crippen LogP contribution in [0, 0.1) is 10.1 Å². The van der Waals surface area contributed by atoms with Crippen molar-refractivity contribution in [3.05, 3.63) is 45.5 Å². The molecule has 1 aliphatic rings. The van der Waals surface area contributed by atoms with E-state index in [9.17, 15) is 10.1 Å². The number of rotatable bonds is 1. The van der Waals surface area contributed by atoms with Crippen molar-refractivity contribution < 1.29 is 4.92 Å². The van der Waals surface area contributed by atoms with E-state index in [0.717, 1.165) is 17.5 Å². The molecule has 0 radical (unpaired) electrons. The molecule has 1 aromatic carbocycles. The summed E-state index contributed by atoms with van der Waals surface area (Å²) in [4.78, 5) is 10.2. The van der Waals surface area contributed by atoms with Crippen LogP contribution in [-0.2, 0) is 12.8 Å². The van der Waals surface area contributed by atoms with Crippen LogP contribution in [0.15, 0.2) is 24.3 Å². The number of fused-ring (bicyclic) bond motifs is 1. The first-order chi connectivity index (χ1) is 6.70. The molecule has 0 aliphatic heterocycles. The molecule has 0 heterocycles. The highest BCUT2D eigenvalue weighted by atomic mass is 16.6. The van der Waals surface area contributed by atoms with E-state index in [4.69, 9.17) is 5.73 Å². The molecule has 0 spiro atoms. The van der Waals surface area contributed by atoms with E-state index in [-0.39, 0.29) is 5.69 Å². The molecule has 72 valence electrons. The average Bonchev–Trinajstić information content (AvgIpc) is 2.18. The van der Waals surface area contributed by atoms with Crippen LogP contribution in [-0.4, -0.2) is 4.92 Å². The first kappa shape index (κ1) is 8.74. The number of nitrogen functional groups attached to an aromatic ring is 1. The molecule has 0 unspecified atom stereocenters. The van der Waals surface area contributed by atoms with E-state index in [1.54, 1.807) is 6.07 Å². The Morgan fingerprint density at radius 2 is 2.00 bits per heavy atom. The fourth-order valence-electron chi connectivity index (χ4n) is 1.70. The van der Waals surface area contributed by atoms with Gasteiger partial charge in [0.15, 0.2) is 0 Å². The topological polar surface area (TPSA) is 69.2 Å². The van der Waals surface area contributed by atoms with Crippen molar-refractivity contribution in [1.82, 2.24) is 0 Å². The number of nitrogens with zero attached hydrogens (tertiary/aromatic N) is 1. The number of anilines is 1. The van der Waals surface area contributed by atoms with Gasteiger partial charge in [0.05, 0.1) is 4.92 Å². The van der Waals surface area contributed by atoms with Crippen LogP contribution in [0.25, 0.3) is 0 Å². The number of benzene rings is 1. The summed E-state index contributed by atoms with van der Waals surface area (Å²) >= 11 is 0. The summed E-state index contributed by atoms with van der Waals surface area (Å²) in [6.07, 6.45) is 5.55. The Morgan fingerprint density at radius 1 is 1.29 bits per heavy atom. The van der Waals surface area contributed by atoms with Gasteiger partial charge in [-0.25, -0.2) is 0 Å². The second-order valence-electron chi connectivity index (χ2n) is 3.27. The predicted octanol–water partition coefficient (Wildman–Crippen LogP) is 1.83. The molecule has 0 bridgehead atoms. The Labute approximate surface area is 81.2 Å². The van der Waals surface area contributed by atoms with Crippen LogP contribution in [0.4, 0.5) is 11.4 Å². The fraction of sp³-hybridized carbons (Fsp3) is 0.200. The van der Waals surface area contributed by atoms with Gasteiger partial charge in [0.2, 0.25) is 0 Å². The number of nitro benzene ring substituents is 1. The molecule has 1 aliphatic carbocycles. The van der Waals surface area contributed by atoms with Crippen molar-refractivity contribution in [2.24, 2.45) is 0 Å². The molecule has 0 amide bonds. The summed E-state index contributed by atoms with van der Waals surface area (Å²) in [6.45, 7) is 0. The van der Waals surface area contributed by atoms with E-state index < -0.39 is 4.92 Å². The van der Waals surface area contributed by atoms with Crippen LogP contribution in [0.1, 0.15) is 11.1 Å². The normalized spacial score (nSPS) is 13.7. The molecular weight excluding hydrogens is 180 g/mol. The maximum Gasteiger partial charge on any atom is 0.292 e.